The molecular formula is C48H61N3O10S2. The summed E-state index contributed by atoms with van der Waals surface area (Å²) in [7, 11) is -3.53. The van der Waals surface area contributed by atoms with Gasteiger partial charge in [-0.25, -0.2) is 8.42 Å². The number of nitrogens with zero attached hydrogens (tertiary/aromatic N) is 1. The fourth-order valence-electron chi connectivity index (χ4n) is 9.23. The second kappa shape index (κ2) is 19.4. The quantitative estimate of drug-likeness (QED) is 0.0893. The first kappa shape index (κ1) is 47.5. The van der Waals surface area contributed by atoms with Crippen molar-refractivity contribution in [2.75, 3.05) is 50.8 Å². The predicted molar refractivity (Wildman–Crippen MR) is 245 cm³/mol. The number of carbonyl (C=O) groups is 1. The summed E-state index contributed by atoms with van der Waals surface area (Å²) in [5.41, 5.74) is 7.07. The molecule has 1 aliphatic carbocycles. The lowest BCUT2D eigenvalue weighted by molar-refractivity contribution is -0.850. The van der Waals surface area contributed by atoms with Crippen LogP contribution in [-0.4, -0.2) is 83.8 Å². The van der Waals surface area contributed by atoms with Gasteiger partial charge in [-0.05, 0) is 142 Å². The Balaban J connectivity index is 1.42. The van der Waals surface area contributed by atoms with Crippen molar-refractivity contribution < 1.29 is 49.8 Å². The molecule has 2 unspecified atom stereocenters. The Morgan fingerprint density at radius 2 is 1.52 bits per heavy atom. The molecule has 3 N–H and O–H groups in total. The minimum Gasteiger partial charge on any atom is -0.748 e. The van der Waals surface area contributed by atoms with E-state index in [9.17, 15) is 30.7 Å². The van der Waals surface area contributed by atoms with E-state index in [1.165, 1.54) is 4.90 Å². The number of fused-ring (bicyclic) bond motifs is 2. The van der Waals surface area contributed by atoms with Gasteiger partial charge in [-0.3, -0.25) is 14.2 Å². The van der Waals surface area contributed by atoms with Crippen LogP contribution in [0.15, 0.2) is 108 Å². The summed E-state index contributed by atoms with van der Waals surface area (Å²) in [5.74, 6) is 1.88. The highest BCUT2D eigenvalue weighted by atomic mass is 32.2. The third-order valence-electron chi connectivity index (χ3n) is 12.6. The van der Waals surface area contributed by atoms with E-state index in [1.54, 1.807) is 45.5 Å². The molecule has 2 aliphatic heterocycles. The van der Waals surface area contributed by atoms with Gasteiger partial charge in [-0.1, -0.05) is 26.0 Å². The van der Waals surface area contributed by atoms with Gasteiger partial charge in [-0.15, -0.1) is 0 Å². The second-order valence-corrected chi connectivity index (χ2v) is 20.6. The zero-order chi connectivity index (χ0) is 45.7. The van der Waals surface area contributed by atoms with Crippen molar-refractivity contribution >= 4 is 37.5 Å². The van der Waals surface area contributed by atoms with Gasteiger partial charge in [0.1, 0.15) is 34.7 Å². The maximum absolute atomic E-state index is 12.4. The number of amides is 1. The third-order valence-corrected chi connectivity index (χ3v) is 14.2. The van der Waals surface area contributed by atoms with E-state index in [0.29, 0.717) is 49.4 Å². The number of nitrogens with one attached hydrogen (secondary N) is 2. The first-order valence-electron chi connectivity index (χ1n) is 21.5. The number of unbranched alkanes of at least 4 members (excludes halogenated alkanes) is 2. The lowest BCUT2D eigenvalue weighted by Gasteiger charge is -2.28. The van der Waals surface area contributed by atoms with Crippen molar-refractivity contribution in [2.45, 2.75) is 89.5 Å². The van der Waals surface area contributed by atoms with Crippen LogP contribution in [0.2, 0.25) is 0 Å². The number of methoxy groups -OCH3 is 2. The van der Waals surface area contributed by atoms with Gasteiger partial charge in [0, 0.05) is 53.3 Å². The number of anilines is 1. The van der Waals surface area contributed by atoms with E-state index in [1.807, 2.05) is 24.3 Å². The summed E-state index contributed by atoms with van der Waals surface area (Å²) in [6, 6.07) is 19.1. The Labute approximate surface area is 373 Å². The van der Waals surface area contributed by atoms with Gasteiger partial charge in [0.15, 0.2) is 0 Å². The molecule has 2 heterocycles. The smallest absolute Gasteiger partial charge is 0.264 e. The maximum atomic E-state index is 12.4. The first-order chi connectivity index (χ1) is 29.8. The monoisotopic (exact) mass is 903 g/mol. The summed E-state index contributed by atoms with van der Waals surface area (Å²) >= 11 is 0. The number of benzene rings is 3. The summed E-state index contributed by atoms with van der Waals surface area (Å²) in [4.78, 5) is 15.8. The highest BCUT2D eigenvalue weighted by Gasteiger charge is 2.48. The zero-order valence-electron chi connectivity index (χ0n) is 37.3. The molecular weight excluding hydrogens is 843 g/mol. The van der Waals surface area contributed by atoms with Crippen LogP contribution in [0.5, 0.6) is 17.2 Å². The largest absolute Gasteiger partial charge is 0.748 e. The number of carbonyl (C=O) groups excluding carboxylic acids is 1. The van der Waals surface area contributed by atoms with E-state index in [0.717, 1.165) is 70.1 Å². The molecule has 340 valence electrons. The normalized spacial score (nSPS) is 20.6. The van der Waals surface area contributed by atoms with Crippen LogP contribution in [0.4, 0.5) is 11.4 Å². The van der Waals surface area contributed by atoms with Crippen molar-refractivity contribution in [1.29, 1.82) is 0 Å². The lowest BCUT2D eigenvalue weighted by Crippen LogP contribution is -3.10. The highest BCUT2D eigenvalue weighted by molar-refractivity contribution is 7.85. The van der Waals surface area contributed by atoms with Crippen LogP contribution < -0.4 is 29.3 Å². The topological polar surface area (TPSA) is 176 Å². The minimum absolute atomic E-state index is 0.0512. The molecule has 0 saturated heterocycles. The van der Waals surface area contributed by atoms with Gasteiger partial charge >= 0.3 is 0 Å². The van der Waals surface area contributed by atoms with Crippen LogP contribution in [0, 0.1) is 0 Å². The Morgan fingerprint density at radius 3 is 2.17 bits per heavy atom. The second-order valence-electron chi connectivity index (χ2n) is 17.5. The summed E-state index contributed by atoms with van der Waals surface area (Å²) in [5, 5.41) is 2.66. The van der Waals surface area contributed by atoms with Crippen LogP contribution in [0.25, 0.3) is 0 Å². The SMILES string of the molecule is CNC(=O)c1ccc(OC2=C(/C=C/C3[NH+](CCCCS(=O)(=O)[O-])c4ccc(OC)cc4C3(C)C)CCCC2=C/C=C2/N(CCCCS(=O)(=O)O)c3ccc(OC)cc3C2(C)C)cc1. The van der Waals surface area contributed by atoms with E-state index in [4.69, 9.17) is 14.2 Å². The number of ether oxygens (including phenoxy) is 3. The number of quaternary nitrogens is 1. The van der Waals surface area contributed by atoms with Gasteiger partial charge < -0.3 is 29.0 Å². The van der Waals surface area contributed by atoms with Gasteiger partial charge in [0.05, 0.1) is 42.1 Å². The molecule has 0 saturated carbocycles. The molecule has 2 atom stereocenters. The third kappa shape index (κ3) is 11.1. The molecule has 3 aromatic rings. The molecule has 15 heteroatoms. The fourth-order valence-corrected chi connectivity index (χ4v) is 10.4. The molecule has 1 amide bonds. The van der Waals surface area contributed by atoms with E-state index >= 15 is 0 Å². The molecule has 3 aliphatic rings. The number of hydrogen-bond donors (Lipinski definition) is 3. The number of allylic oxidation sites excluding steroid dienone is 6. The number of rotatable bonds is 18. The van der Waals surface area contributed by atoms with Crippen LogP contribution in [0.1, 0.15) is 94.1 Å². The summed E-state index contributed by atoms with van der Waals surface area (Å²) in [6.07, 6.45) is 12.7. The van der Waals surface area contributed by atoms with E-state index in [2.05, 4.69) is 74.3 Å². The predicted octanol–water partition coefficient (Wildman–Crippen LogP) is 6.91. The van der Waals surface area contributed by atoms with Crippen molar-refractivity contribution in [1.82, 2.24) is 5.32 Å². The Morgan fingerprint density at radius 1 is 0.873 bits per heavy atom. The molecule has 6 rings (SSSR count). The number of hydrogen-bond acceptors (Lipinski definition) is 10. The zero-order valence-corrected chi connectivity index (χ0v) is 39.0. The Kier molecular flexibility index (Phi) is 14.7. The summed E-state index contributed by atoms with van der Waals surface area (Å²) in [6.45, 7) is 9.90. The standard InChI is InChI=1S/C48H61N3O10S2/c1-47(2)39-31-37(59-6)21-23-41(39)50(27-8-10-29-62(53,54)55)43(47)25-17-33-13-12-14-34(45(33)61-36-19-15-35(16-20-36)46(52)49-5)18-26-44-48(3,4)40-32-38(60-7)22-24-42(40)51(44)28-9-11-30-63(56,57)58/h15-26,31-32,43H,8-14,27-30H2,1-7H3,(H,49,52)(H,53,54,55)(H,56,57,58)/b25-17+,34-18?,44-26+. The van der Waals surface area contributed by atoms with Crippen LogP contribution in [0.3, 0.4) is 0 Å². The molecule has 0 bridgehead atoms. The van der Waals surface area contributed by atoms with Crippen molar-refractivity contribution in [3.63, 3.8) is 0 Å². The summed E-state index contributed by atoms with van der Waals surface area (Å²) < 4.78 is 84.9. The average Bonchev–Trinajstić information content (AvgIpc) is 3.58. The Bertz CT molecular complexity index is 2520. The van der Waals surface area contributed by atoms with Gasteiger partial charge in [0.25, 0.3) is 16.0 Å². The molecule has 0 spiro atoms. The molecule has 0 fully saturated rings. The van der Waals surface area contributed by atoms with E-state index in [-0.39, 0.29) is 29.5 Å². The lowest BCUT2D eigenvalue weighted by atomic mass is 9.79. The maximum Gasteiger partial charge on any atom is 0.264 e. The van der Waals surface area contributed by atoms with Gasteiger partial charge in [-0.2, -0.15) is 8.42 Å². The van der Waals surface area contributed by atoms with Crippen LogP contribution >= 0.6 is 0 Å². The highest BCUT2D eigenvalue weighted by Crippen LogP contribution is 2.49. The first-order valence-corrected chi connectivity index (χ1v) is 24.7. The van der Waals surface area contributed by atoms with E-state index < -0.39 is 31.4 Å². The molecule has 13 nitrogen and oxygen atoms in total. The Hall–Kier alpha value is -4.93. The molecule has 0 radical (unpaired) electrons. The van der Waals surface area contributed by atoms with Gasteiger partial charge in [0.2, 0.25) is 0 Å². The fraction of sp³-hybridized carbons (Fsp3) is 0.438. The minimum atomic E-state index is -4.32. The average molecular weight is 904 g/mol. The van der Waals surface area contributed by atoms with Crippen molar-refractivity contribution in [3.05, 3.63) is 124 Å². The van der Waals surface area contributed by atoms with Crippen LogP contribution in [-0.2, 0) is 31.1 Å². The van der Waals surface area contributed by atoms with Crippen molar-refractivity contribution in [3.8, 4) is 17.2 Å². The molecule has 0 aromatic heterocycles. The molecule has 3 aromatic carbocycles. The van der Waals surface area contributed by atoms with Crippen molar-refractivity contribution in [2.24, 2.45) is 0 Å². The molecule has 63 heavy (non-hydrogen) atoms.